The van der Waals surface area contributed by atoms with Crippen LogP contribution in [0.4, 0.5) is 0 Å². The third-order valence-corrected chi connectivity index (χ3v) is 2.91. The molecule has 0 amide bonds. The fraction of sp³-hybridized carbons (Fsp3) is 0.286. The third-order valence-electron chi connectivity index (χ3n) is 2.91. The van der Waals surface area contributed by atoms with Gasteiger partial charge in [0.2, 0.25) is 0 Å². The zero-order valence-corrected chi connectivity index (χ0v) is 13.8. The van der Waals surface area contributed by atoms with Crippen molar-refractivity contribution < 1.29 is 26.8 Å². The van der Waals surface area contributed by atoms with Crippen molar-refractivity contribution in [3.63, 3.8) is 0 Å². The predicted molar refractivity (Wildman–Crippen MR) is 77.8 cm³/mol. The second-order valence-corrected chi connectivity index (χ2v) is 4.14. The summed E-state index contributed by atoms with van der Waals surface area (Å²) in [5.74, 6) is 0. The molecule has 1 aliphatic carbocycles. The first-order valence-electron chi connectivity index (χ1n) is 5.28. The summed E-state index contributed by atoms with van der Waals surface area (Å²) in [7, 11) is 0. The van der Waals surface area contributed by atoms with Crippen molar-refractivity contribution in [1.29, 1.82) is 0 Å². The summed E-state index contributed by atoms with van der Waals surface area (Å²) in [6.07, 6.45) is 3.24. The van der Waals surface area contributed by atoms with E-state index in [4.69, 9.17) is 0 Å². The standard InChI is InChI=1S/C14H16O.2ClH.Ti/c1-10-7-11(2)14(8-10)13-6-4-3-5-12(13)9-15;;;/h3-7,15H,8-9H2,1-2H3;2*1H;. The Morgan fingerprint density at radius 1 is 1.11 bits per heavy atom. The molecule has 1 N–H and O–H groups in total. The SMILES string of the molecule is CC1=CC(C)=C(c2ccccc2CO)C1.Cl.Cl.[Ti]. The smallest absolute Gasteiger partial charge is 0.0687 e. The molecule has 18 heavy (non-hydrogen) atoms. The van der Waals surface area contributed by atoms with Crippen molar-refractivity contribution in [2.75, 3.05) is 0 Å². The molecule has 0 saturated carbocycles. The maximum absolute atomic E-state index is 9.29. The average Bonchev–Trinajstić information content (AvgIpc) is 2.57. The van der Waals surface area contributed by atoms with Crippen LogP contribution in [0.1, 0.15) is 31.4 Å². The van der Waals surface area contributed by atoms with Crippen LogP contribution < -0.4 is 0 Å². The zero-order chi connectivity index (χ0) is 10.8. The molecule has 0 spiro atoms. The summed E-state index contributed by atoms with van der Waals surface area (Å²) in [6, 6.07) is 8.09. The molecule has 0 radical (unpaired) electrons. The second-order valence-electron chi connectivity index (χ2n) is 4.14. The summed E-state index contributed by atoms with van der Waals surface area (Å²) in [6.45, 7) is 4.41. The summed E-state index contributed by atoms with van der Waals surface area (Å²) in [4.78, 5) is 0. The average molecular weight is 321 g/mol. The Bertz CT molecular complexity index is 453. The Labute approximate surface area is 136 Å². The molecule has 0 aliphatic heterocycles. The van der Waals surface area contributed by atoms with E-state index in [-0.39, 0.29) is 53.1 Å². The van der Waals surface area contributed by atoms with Crippen LogP contribution >= 0.6 is 24.8 Å². The Morgan fingerprint density at radius 3 is 2.22 bits per heavy atom. The molecule has 0 atom stereocenters. The maximum atomic E-state index is 9.29. The van der Waals surface area contributed by atoms with Crippen LogP contribution in [0, 0.1) is 0 Å². The normalized spacial score (nSPS) is 13.2. The topological polar surface area (TPSA) is 20.2 Å². The van der Waals surface area contributed by atoms with Crippen LogP contribution in [0.3, 0.4) is 0 Å². The predicted octanol–water partition coefficient (Wildman–Crippen LogP) is 4.14. The van der Waals surface area contributed by atoms with Crippen molar-refractivity contribution in [2.24, 2.45) is 0 Å². The molecule has 0 bridgehead atoms. The van der Waals surface area contributed by atoms with Gasteiger partial charge >= 0.3 is 0 Å². The van der Waals surface area contributed by atoms with E-state index >= 15 is 0 Å². The number of aliphatic hydroxyl groups is 1. The molecule has 1 aromatic rings. The molecule has 2 rings (SSSR count). The summed E-state index contributed by atoms with van der Waals surface area (Å²) >= 11 is 0. The van der Waals surface area contributed by atoms with Gasteiger partial charge in [0.05, 0.1) is 6.61 Å². The first-order valence-corrected chi connectivity index (χ1v) is 5.28. The molecule has 0 heterocycles. The molecule has 98 valence electrons. The Balaban J connectivity index is 0. The van der Waals surface area contributed by atoms with Gasteiger partial charge in [-0.15, -0.1) is 24.8 Å². The van der Waals surface area contributed by atoms with E-state index in [0.29, 0.717) is 0 Å². The van der Waals surface area contributed by atoms with E-state index in [2.05, 4.69) is 26.0 Å². The minimum Gasteiger partial charge on any atom is -0.392 e. The molecular formula is C14H18Cl2OTi. The minimum absolute atomic E-state index is 0. The van der Waals surface area contributed by atoms with Crippen LogP contribution in [0.25, 0.3) is 5.57 Å². The minimum atomic E-state index is 0. The van der Waals surface area contributed by atoms with Crippen LogP contribution in [0.5, 0.6) is 0 Å². The number of rotatable bonds is 2. The molecule has 0 unspecified atom stereocenters. The van der Waals surface area contributed by atoms with Crippen molar-refractivity contribution in [1.82, 2.24) is 0 Å². The number of aliphatic hydroxyl groups excluding tert-OH is 1. The quantitative estimate of drug-likeness (QED) is 0.812. The van der Waals surface area contributed by atoms with E-state index < -0.39 is 0 Å². The van der Waals surface area contributed by atoms with Gasteiger partial charge < -0.3 is 5.11 Å². The molecule has 4 heteroatoms. The number of hydrogen-bond donors (Lipinski definition) is 1. The maximum Gasteiger partial charge on any atom is 0.0687 e. The monoisotopic (exact) mass is 320 g/mol. The molecule has 1 nitrogen and oxygen atoms in total. The third kappa shape index (κ3) is 4.26. The van der Waals surface area contributed by atoms with E-state index in [1.165, 1.54) is 22.3 Å². The first kappa shape index (κ1) is 20.3. The van der Waals surface area contributed by atoms with E-state index in [1.54, 1.807) is 0 Å². The number of allylic oxidation sites excluding steroid dienone is 4. The first-order chi connectivity index (χ1) is 7.22. The fourth-order valence-corrected chi connectivity index (χ4v) is 2.19. The van der Waals surface area contributed by atoms with Gasteiger partial charge in [0.1, 0.15) is 0 Å². The van der Waals surface area contributed by atoms with Gasteiger partial charge in [0.25, 0.3) is 0 Å². The summed E-state index contributed by atoms with van der Waals surface area (Å²) < 4.78 is 0. The second kappa shape index (κ2) is 8.95. The Hall–Kier alpha value is -0.0457. The zero-order valence-electron chi connectivity index (χ0n) is 10.6. The molecular weight excluding hydrogens is 303 g/mol. The Kier molecular flexibility index (Phi) is 10.1. The number of hydrogen-bond acceptors (Lipinski definition) is 1. The van der Waals surface area contributed by atoms with Gasteiger partial charge in [-0.3, -0.25) is 0 Å². The van der Waals surface area contributed by atoms with Crippen LogP contribution in [0.15, 0.2) is 41.5 Å². The molecule has 1 aliphatic rings. The van der Waals surface area contributed by atoms with E-state index in [1.807, 2.05) is 18.2 Å². The Morgan fingerprint density at radius 2 is 1.72 bits per heavy atom. The molecule has 0 fully saturated rings. The van der Waals surface area contributed by atoms with E-state index in [9.17, 15) is 5.11 Å². The molecule has 0 saturated heterocycles. The number of benzene rings is 1. The fourth-order valence-electron chi connectivity index (χ4n) is 2.19. The van der Waals surface area contributed by atoms with Crippen LogP contribution in [-0.4, -0.2) is 5.11 Å². The summed E-state index contributed by atoms with van der Waals surface area (Å²) in [5.41, 5.74) is 6.31. The van der Waals surface area contributed by atoms with Crippen molar-refractivity contribution >= 4 is 30.4 Å². The van der Waals surface area contributed by atoms with Gasteiger partial charge in [-0.1, -0.05) is 35.9 Å². The van der Waals surface area contributed by atoms with Crippen molar-refractivity contribution in [2.45, 2.75) is 26.9 Å². The van der Waals surface area contributed by atoms with Gasteiger partial charge in [0.15, 0.2) is 0 Å². The van der Waals surface area contributed by atoms with Gasteiger partial charge in [0, 0.05) is 21.7 Å². The van der Waals surface area contributed by atoms with E-state index in [0.717, 1.165) is 12.0 Å². The number of halogens is 2. The molecule has 0 aromatic heterocycles. The van der Waals surface area contributed by atoms with Crippen LogP contribution in [0.2, 0.25) is 0 Å². The largest absolute Gasteiger partial charge is 0.392 e. The van der Waals surface area contributed by atoms with Crippen LogP contribution in [-0.2, 0) is 28.3 Å². The molecule has 1 aromatic carbocycles. The van der Waals surface area contributed by atoms with Gasteiger partial charge in [-0.05, 0) is 42.5 Å². The van der Waals surface area contributed by atoms with Crippen molar-refractivity contribution in [3.8, 4) is 0 Å². The summed E-state index contributed by atoms with van der Waals surface area (Å²) in [5, 5.41) is 9.29. The van der Waals surface area contributed by atoms with Gasteiger partial charge in [-0.2, -0.15) is 0 Å². The van der Waals surface area contributed by atoms with Crippen molar-refractivity contribution in [3.05, 3.63) is 52.6 Å². The van der Waals surface area contributed by atoms with Gasteiger partial charge in [-0.25, -0.2) is 0 Å².